The molecule has 0 aromatic carbocycles. The molecule has 0 saturated heterocycles. The Balaban J connectivity index is 2.69. The predicted molar refractivity (Wildman–Crippen MR) is 96.5 cm³/mol. The Bertz CT molecular complexity index is 631. The Hall–Kier alpha value is -1.19. The van der Waals surface area contributed by atoms with Gasteiger partial charge in [-0.2, -0.15) is 0 Å². The molecule has 23 heavy (non-hydrogen) atoms. The molecule has 1 aromatic rings. The number of aliphatic imine (C=N–C) groups is 1. The molecule has 7 nitrogen and oxygen atoms in total. The van der Waals surface area contributed by atoms with Crippen LogP contribution in [-0.2, 0) is 16.6 Å². The summed E-state index contributed by atoms with van der Waals surface area (Å²) in [5, 5.41) is 7.28. The number of hydrogen-bond donors (Lipinski definition) is 3. The van der Waals surface area contributed by atoms with Crippen LogP contribution in [0.25, 0.3) is 0 Å². The molecule has 0 atom stereocenters. The van der Waals surface area contributed by atoms with Crippen molar-refractivity contribution >= 4 is 27.3 Å². The summed E-state index contributed by atoms with van der Waals surface area (Å²) in [5.41, 5.74) is 0.426. The molecule has 132 valence electrons. The second-order valence-electron chi connectivity index (χ2n) is 6.06. The molecular formula is C14H27N5O2S2. The van der Waals surface area contributed by atoms with E-state index in [9.17, 15) is 8.42 Å². The van der Waals surface area contributed by atoms with Crippen LogP contribution in [0.5, 0.6) is 0 Å². The molecule has 0 fully saturated rings. The van der Waals surface area contributed by atoms with Crippen molar-refractivity contribution in [3.05, 3.63) is 15.6 Å². The van der Waals surface area contributed by atoms with Gasteiger partial charge in [-0.05, 0) is 34.6 Å². The molecular weight excluding hydrogens is 334 g/mol. The number of thiazole rings is 1. The average Bonchev–Trinajstić information content (AvgIpc) is 2.69. The van der Waals surface area contributed by atoms with Gasteiger partial charge in [-0.25, -0.2) is 23.1 Å². The molecule has 0 aliphatic heterocycles. The Morgan fingerprint density at radius 1 is 1.30 bits per heavy atom. The minimum absolute atomic E-state index is 0.418. The molecule has 0 bridgehead atoms. The molecule has 0 spiro atoms. The first-order valence-electron chi connectivity index (χ1n) is 7.46. The monoisotopic (exact) mass is 361 g/mol. The Labute approximate surface area is 143 Å². The first-order valence-corrected chi connectivity index (χ1v) is 10.2. The number of nitrogens with zero attached hydrogens (tertiary/aromatic N) is 2. The first kappa shape index (κ1) is 19.9. The molecule has 1 rings (SSSR count). The van der Waals surface area contributed by atoms with Gasteiger partial charge in [0.2, 0.25) is 10.0 Å². The van der Waals surface area contributed by atoms with Crippen molar-refractivity contribution < 1.29 is 8.42 Å². The number of sulfonamides is 1. The fourth-order valence-corrected chi connectivity index (χ4v) is 3.87. The van der Waals surface area contributed by atoms with Crippen molar-refractivity contribution in [1.82, 2.24) is 20.3 Å². The number of rotatable bonds is 7. The van der Waals surface area contributed by atoms with Crippen LogP contribution >= 0.6 is 11.3 Å². The summed E-state index contributed by atoms with van der Waals surface area (Å²) < 4.78 is 25.3. The minimum atomic E-state index is -3.26. The number of guanidine groups is 1. The highest BCUT2D eigenvalue weighted by molar-refractivity contribution is 7.88. The van der Waals surface area contributed by atoms with Crippen molar-refractivity contribution in [1.29, 1.82) is 0 Å². The highest BCUT2D eigenvalue weighted by Gasteiger charge is 2.22. The number of hydrogen-bond acceptors (Lipinski definition) is 5. The number of aryl methyl sites for hydroxylation is 2. The van der Waals surface area contributed by atoms with E-state index in [1.165, 1.54) is 4.88 Å². The van der Waals surface area contributed by atoms with E-state index in [0.29, 0.717) is 19.0 Å². The van der Waals surface area contributed by atoms with Crippen LogP contribution in [0, 0.1) is 13.8 Å². The molecule has 9 heteroatoms. The summed E-state index contributed by atoms with van der Waals surface area (Å²) in [6.07, 6.45) is 1.15. The predicted octanol–water partition coefficient (Wildman–Crippen LogP) is 1.14. The van der Waals surface area contributed by atoms with Crippen LogP contribution in [-0.4, -0.2) is 44.2 Å². The van der Waals surface area contributed by atoms with E-state index in [-0.39, 0.29) is 0 Å². The van der Waals surface area contributed by atoms with Gasteiger partial charge in [0, 0.05) is 23.5 Å². The topological polar surface area (TPSA) is 95.5 Å². The molecule has 1 heterocycles. The van der Waals surface area contributed by atoms with Crippen LogP contribution in [0.15, 0.2) is 4.99 Å². The van der Waals surface area contributed by atoms with Crippen molar-refractivity contribution in [2.45, 2.75) is 46.7 Å². The smallest absolute Gasteiger partial charge is 0.209 e. The second-order valence-corrected chi connectivity index (χ2v) is 9.09. The zero-order valence-corrected chi connectivity index (χ0v) is 16.3. The SMILES string of the molecule is CCNC(=NCc1nc(C)c(C)s1)NCC(C)(C)NS(C)(=O)=O. The first-order chi connectivity index (χ1) is 10.5. The Morgan fingerprint density at radius 3 is 2.43 bits per heavy atom. The zero-order chi connectivity index (χ0) is 17.7. The van der Waals surface area contributed by atoms with Gasteiger partial charge in [0.1, 0.15) is 5.01 Å². The summed E-state index contributed by atoms with van der Waals surface area (Å²) in [6, 6.07) is 0. The normalized spacial score (nSPS) is 13.2. The number of nitrogens with one attached hydrogen (secondary N) is 3. The lowest BCUT2D eigenvalue weighted by atomic mass is 10.1. The fraction of sp³-hybridized carbons (Fsp3) is 0.714. The summed E-state index contributed by atoms with van der Waals surface area (Å²) in [7, 11) is -3.26. The van der Waals surface area contributed by atoms with Crippen LogP contribution in [0.4, 0.5) is 0 Å². The van der Waals surface area contributed by atoms with Crippen molar-refractivity contribution in [3.63, 3.8) is 0 Å². The maximum Gasteiger partial charge on any atom is 0.209 e. The summed E-state index contributed by atoms with van der Waals surface area (Å²) >= 11 is 1.64. The molecule has 0 saturated carbocycles. The van der Waals surface area contributed by atoms with Crippen molar-refractivity contribution in [3.8, 4) is 0 Å². The fourth-order valence-electron chi connectivity index (χ4n) is 1.94. The van der Waals surface area contributed by atoms with Gasteiger partial charge < -0.3 is 10.6 Å². The van der Waals surface area contributed by atoms with Gasteiger partial charge >= 0.3 is 0 Å². The van der Waals surface area contributed by atoms with Crippen LogP contribution in [0.1, 0.15) is 36.3 Å². The maximum absolute atomic E-state index is 11.4. The lowest BCUT2D eigenvalue weighted by Crippen LogP contribution is -2.53. The third-order valence-electron chi connectivity index (χ3n) is 2.95. The highest BCUT2D eigenvalue weighted by Crippen LogP contribution is 2.16. The molecule has 0 radical (unpaired) electrons. The van der Waals surface area contributed by atoms with E-state index < -0.39 is 15.6 Å². The summed E-state index contributed by atoms with van der Waals surface area (Å²) in [5.74, 6) is 0.640. The van der Waals surface area contributed by atoms with Crippen LogP contribution in [0.2, 0.25) is 0 Å². The van der Waals surface area contributed by atoms with Gasteiger partial charge in [0.05, 0.1) is 18.5 Å². The number of aromatic nitrogens is 1. The Kier molecular flexibility index (Phi) is 6.97. The van der Waals surface area contributed by atoms with E-state index in [1.807, 2.05) is 34.6 Å². The van der Waals surface area contributed by atoms with Gasteiger partial charge in [-0.15, -0.1) is 11.3 Å². The van der Waals surface area contributed by atoms with E-state index in [1.54, 1.807) is 11.3 Å². The molecule has 0 aliphatic carbocycles. The van der Waals surface area contributed by atoms with Gasteiger partial charge in [-0.1, -0.05) is 0 Å². The molecule has 3 N–H and O–H groups in total. The molecule has 0 unspecified atom stereocenters. The van der Waals surface area contributed by atoms with E-state index >= 15 is 0 Å². The summed E-state index contributed by atoms with van der Waals surface area (Å²) in [4.78, 5) is 10.2. The largest absolute Gasteiger partial charge is 0.357 e. The van der Waals surface area contributed by atoms with E-state index in [2.05, 4.69) is 25.3 Å². The third kappa shape index (κ3) is 7.76. The molecule has 1 aromatic heterocycles. The lowest BCUT2D eigenvalue weighted by molar-refractivity contribution is 0.446. The lowest BCUT2D eigenvalue weighted by Gasteiger charge is -2.26. The zero-order valence-electron chi connectivity index (χ0n) is 14.6. The third-order valence-corrected chi connectivity index (χ3v) is 4.93. The maximum atomic E-state index is 11.4. The molecule has 0 amide bonds. The quantitative estimate of drug-likeness (QED) is 0.500. The van der Waals surface area contributed by atoms with Crippen molar-refractivity contribution in [2.24, 2.45) is 4.99 Å². The minimum Gasteiger partial charge on any atom is -0.357 e. The Morgan fingerprint density at radius 2 is 1.96 bits per heavy atom. The highest BCUT2D eigenvalue weighted by atomic mass is 32.2. The average molecular weight is 362 g/mol. The van der Waals surface area contributed by atoms with Gasteiger partial charge in [0.25, 0.3) is 0 Å². The van der Waals surface area contributed by atoms with E-state index in [4.69, 9.17) is 0 Å². The van der Waals surface area contributed by atoms with Gasteiger partial charge in [-0.3, -0.25) is 0 Å². The molecule has 0 aliphatic rings. The van der Waals surface area contributed by atoms with Gasteiger partial charge in [0.15, 0.2) is 5.96 Å². The van der Waals surface area contributed by atoms with Crippen molar-refractivity contribution in [2.75, 3.05) is 19.3 Å². The van der Waals surface area contributed by atoms with Crippen LogP contribution in [0.3, 0.4) is 0 Å². The second kappa shape index (κ2) is 8.07. The van der Waals surface area contributed by atoms with E-state index in [0.717, 1.165) is 23.5 Å². The summed E-state index contributed by atoms with van der Waals surface area (Å²) in [6.45, 7) is 11.3. The van der Waals surface area contributed by atoms with Crippen LogP contribution < -0.4 is 15.4 Å². The standard InChI is InChI=1S/C14H27N5O2S2/c1-7-15-13(16-8-12-18-10(2)11(3)22-12)17-9-14(4,5)19-23(6,20)21/h19H,7-9H2,1-6H3,(H2,15,16,17).